The first kappa shape index (κ1) is 15.6. The number of hydrogen-bond acceptors (Lipinski definition) is 4. The minimum Gasteiger partial charge on any atom is -0.493 e. The molecule has 0 saturated carbocycles. The fraction of sp³-hybridized carbons (Fsp3) is 0.0526. The van der Waals surface area contributed by atoms with E-state index in [1.165, 1.54) is 6.21 Å². The summed E-state index contributed by atoms with van der Waals surface area (Å²) >= 11 is 0. The van der Waals surface area contributed by atoms with E-state index in [9.17, 15) is 4.79 Å². The Morgan fingerprint density at radius 3 is 2.79 bits per heavy atom. The van der Waals surface area contributed by atoms with Crippen LogP contribution in [0.2, 0.25) is 0 Å². The van der Waals surface area contributed by atoms with Crippen LogP contribution in [0.1, 0.15) is 16.1 Å². The first-order valence-electron chi connectivity index (χ1n) is 7.39. The number of hydrazone groups is 1. The average Bonchev–Trinajstić information content (AvgIpc) is 3.06. The lowest BCUT2D eigenvalue weighted by atomic mass is 10.2. The zero-order valence-corrected chi connectivity index (χ0v) is 13.1. The van der Waals surface area contributed by atoms with Gasteiger partial charge in [-0.2, -0.15) is 5.10 Å². The fourth-order valence-electron chi connectivity index (χ4n) is 2.22. The maximum Gasteiger partial charge on any atom is 0.307 e. The second-order valence-corrected chi connectivity index (χ2v) is 4.98. The average molecular weight is 320 g/mol. The predicted octanol–water partition coefficient (Wildman–Crippen LogP) is 3.87. The number of fused-ring (bicyclic) bond motifs is 1. The Labute approximate surface area is 139 Å². The maximum absolute atomic E-state index is 12.1. The topological polar surface area (TPSA) is 63.8 Å². The molecule has 1 N–H and O–H groups in total. The number of nitrogens with zero attached hydrogens (tertiary/aromatic N) is 1. The standard InChI is InChI=1S/C19H16N2O3/c1-23-16-11-5-10-15-13-17(24-18(15)16)19(22)21-20-12-6-9-14-7-3-2-4-8-14/h2-13H,1H3,(H,21,22)/b9-6+,20-12-. The van der Waals surface area contributed by atoms with Crippen LogP contribution in [0, 0.1) is 0 Å². The summed E-state index contributed by atoms with van der Waals surface area (Å²) in [7, 11) is 1.56. The Balaban J connectivity index is 1.65. The second kappa shape index (κ2) is 7.28. The minimum absolute atomic E-state index is 0.179. The Hall–Kier alpha value is -3.34. The van der Waals surface area contributed by atoms with E-state index in [1.54, 1.807) is 25.3 Å². The first-order chi connectivity index (χ1) is 11.8. The molecule has 2 aromatic carbocycles. The summed E-state index contributed by atoms with van der Waals surface area (Å²) in [6, 6.07) is 16.9. The van der Waals surface area contributed by atoms with Gasteiger partial charge in [-0.3, -0.25) is 4.79 Å². The van der Waals surface area contributed by atoms with Gasteiger partial charge in [0.2, 0.25) is 0 Å². The first-order valence-corrected chi connectivity index (χ1v) is 7.39. The van der Waals surface area contributed by atoms with Crippen molar-refractivity contribution < 1.29 is 13.9 Å². The highest BCUT2D eigenvalue weighted by Crippen LogP contribution is 2.28. The van der Waals surface area contributed by atoms with Gasteiger partial charge < -0.3 is 9.15 Å². The summed E-state index contributed by atoms with van der Waals surface area (Å²) in [5, 5.41) is 4.67. The zero-order valence-electron chi connectivity index (χ0n) is 13.1. The Kier molecular flexibility index (Phi) is 4.72. The molecule has 0 spiro atoms. The Morgan fingerprint density at radius 2 is 2.00 bits per heavy atom. The molecule has 5 heteroatoms. The van der Waals surface area contributed by atoms with Crippen LogP contribution in [-0.2, 0) is 0 Å². The molecular formula is C19H16N2O3. The van der Waals surface area contributed by atoms with E-state index in [0.717, 1.165) is 10.9 Å². The van der Waals surface area contributed by atoms with Gasteiger partial charge in [0.05, 0.1) is 7.11 Å². The number of rotatable bonds is 5. The summed E-state index contributed by atoms with van der Waals surface area (Å²) in [5.74, 6) is 0.345. The number of amides is 1. The number of carbonyl (C=O) groups is 1. The normalized spacial score (nSPS) is 11.4. The number of para-hydroxylation sites is 1. The van der Waals surface area contributed by atoms with Crippen LogP contribution in [-0.4, -0.2) is 19.2 Å². The summed E-state index contributed by atoms with van der Waals surface area (Å²) in [4.78, 5) is 12.1. The quantitative estimate of drug-likeness (QED) is 0.573. The van der Waals surface area contributed by atoms with Crippen LogP contribution >= 0.6 is 0 Å². The van der Waals surface area contributed by atoms with Crippen molar-refractivity contribution in [2.75, 3.05) is 7.11 Å². The lowest BCUT2D eigenvalue weighted by molar-refractivity contribution is 0.0929. The fourth-order valence-corrected chi connectivity index (χ4v) is 2.22. The van der Waals surface area contributed by atoms with Gasteiger partial charge in [-0.25, -0.2) is 5.43 Å². The maximum atomic E-state index is 12.1. The van der Waals surface area contributed by atoms with Crippen molar-refractivity contribution in [2.45, 2.75) is 0 Å². The summed E-state index contributed by atoms with van der Waals surface area (Å²) in [6.07, 6.45) is 5.15. The third-order valence-electron chi connectivity index (χ3n) is 3.37. The van der Waals surface area contributed by atoms with E-state index < -0.39 is 5.91 Å². The molecule has 3 rings (SSSR count). The Bertz CT molecular complexity index is 895. The molecule has 0 unspecified atom stereocenters. The van der Waals surface area contributed by atoms with Crippen molar-refractivity contribution >= 4 is 29.2 Å². The molecule has 24 heavy (non-hydrogen) atoms. The van der Waals surface area contributed by atoms with Crippen molar-refractivity contribution in [1.82, 2.24) is 5.43 Å². The highest BCUT2D eigenvalue weighted by Gasteiger charge is 2.13. The van der Waals surface area contributed by atoms with Crippen LogP contribution < -0.4 is 10.2 Å². The molecule has 120 valence electrons. The third kappa shape index (κ3) is 3.52. The van der Waals surface area contributed by atoms with Gasteiger partial charge in [0, 0.05) is 11.6 Å². The van der Waals surface area contributed by atoms with Crippen molar-refractivity contribution in [2.24, 2.45) is 5.10 Å². The second-order valence-electron chi connectivity index (χ2n) is 4.98. The van der Waals surface area contributed by atoms with Gasteiger partial charge in [0.15, 0.2) is 17.1 Å². The number of hydrogen-bond donors (Lipinski definition) is 1. The molecule has 0 aliphatic carbocycles. The lowest BCUT2D eigenvalue weighted by Gasteiger charge is -1.98. The van der Waals surface area contributed by atoms with Gasteiger partial charge >= 0.3 is 5.91 Å². The van der Waals surface area contributed by atoms with Crippen LogP contribution in [0.15, 0.2) is 70.2 Å². The largest absolute Gasteiger partial charge is 0.493 e. The smallest absolute Gasteiger partial charge is 0.307 e. The van der Waals surface area contributed by atoms with Crippen LogP contribution in [0.25, 0.3) is 17.0 Å². The van der Waals surface area contributed by atoms with E-state index in [-0.39, 0.29) is 5.76 Å². The van der Waals surface area contributed by atoms with E-state index in [0.29, 0.717) is 11.3 Å². The zero-order chi connectivity index (χ0) is 16.8. The van der Waals surface area contributed by atoms with Gasteiger partial charge in [-0.05, 0) is 23.8 Å². The van der Waals surface area contributed by atoms with Gasteiger partial charge in [0.25, 0.3) is 0 Å². The van der Waals surface area contributed by atoms with E-state index in [2.05, 4.69) is 10.5 Å². The van der Waals surface area contributed by atoms with Crippen LogP contribution in [0.3, 0.4) is 0 Å². The predicted molar refractivity (Wildman–Crippen MR) is 94.2 cm³/mol. The number of benzene rings is 2. The van der Waals surface area contributed by atoms with Crippen molar-refractivity contribution in [1.29, 1.82) is 0 Å². The third-order valence-corrected chi connectivity index (χ3v) is 3.37. The molecule has 0 fully saturated rings. The molecule has 1 amide bonds. The number of methoxy groups -OCH3 is 1. The number of carbonyl (C=O) groups excluding carboxylic acids is 1. The molecule has 1 heterocycles. The molecule has 0 aliphatic rings. The van der Waals surface area contributed by atoms with Crippen molar-refractivity contribution in [3.8, 4) is 5.75 Å². The molecule has 3 aromatic rings. The van der Waals surface area contributed by atoms with Gasteiger partial charge in [0.1, 0.15) is 0 Å². The molecule has 0 saturated heterocycles. The van der Waals surface area contributed by atoms with E-state index >= 15 is 0 Å². The highest BCUT2D eigenvalue weighted by molar-refractivity contribution is 5.97. The van der Waals surface area contributed by atoms with Crippen molar-refractivity contribution in [3.63, 3.8) is 0 Å². The summed E-state index contributed by atoms with van der Waals surface area (Å²) in [5.41, 5.74) is 4.02. The SMILES string of the molecule is COc1cccc2cc(C(=O)N/N=C\C=C\c3ccccc3)oc12. The van der Waals surface area contributed by atoms with Crippen LogP contribution in [0.4, 0.5) is 0 Å². The molecule has 0 aliphatic heterocycles. The number of nitrogens with one attached hydrogen (secondary N) is 1. The molecule has 5 nitrogen and oxygen atoms in total. The summed E-state index contributed by atoms with van der Waals surface area (Å²) in [6.45, 7) is 0. The van der Waals surface area contributed by atoms with Gasteiger partial charge in [-0.1, -0.05) is 48.5 Å². The minimum atomic E-state index is -0.419. The van der Waals surface area contributed by atoms with Crippen molar-refractivity contribution in [3.05, 3.63) is 72.0 Å². The molecule has 0 bridgehead atoms. The lowest BCUT2D eigenvalue weighted by Crippen LogP contribution is -2.16. The number of ether oxygens (including phenoxy) is 1. The highest BCUT2D eigenvalue weighted by atomic mass is 16.5. The Morgan fingerprint density at radius 1 is 1.17 bits per heavy atom. The van der Waals surface area contributed by atoms with E-state index in [1.807, 2.05) is 48.5 Å². The molecule has 1 aromatic heterocycles. The van der Waals surface area contributed by atoms with E-state index in [4.69, 9.17) is 9.15 Å². The molecule has 0 atom stereocenters. The van der Waals surface area contributed by atoms with Crippen LogP contribution in [0.5, 0.6) is 5.75 Å². The molecular weight excluding hydrogens is 304 g/mol. The molecule has 0 radical (unpaired) electrons. The summed E-state index contributed by atoms with van der Waals surface area (Å²) < 4.78 is 10.8. The monoisotopic (exact) mass is 320 g/mol. The van der Waals surface area contributed by atoms with Gasteiger partial charge in [-0.15, -0.1) is 0 Å². The number of furan rings is 1. The number of allylic oxidation sites excluding steroid dienone is 1.